The molecule has 1 aromatic carbocycles. The monoisotopic (exact) mass is 252 g/mol. The number of ether oxygens (including phenoxy) is 1. The number of aldehydes is 1. The van der Waals surface area contributed by atoms with Crippen molar-refractivity contribution in [1.29, 1.82) is 0 Å². The molecule has 0 saturated carbocycles. The number of carbonyl (C=O) groups is 1. The third-order valence-electron chi connectivity index (χ3n) is 2.28. The van der Waals surface area contributed by atoms with Crippen molar-refractivity contribution in [2.24, 2.45) is 0 Å². The van der Waals surface area contributed by atoms with E-state index in [0.29, 0.717) is 29.6 Å². The maximum Gasteiger partial charge on any atom is 0.348 e. The number of benzene rings is 1. The Morgan fingerprint density at radius 2 is 2.24 bits per heavy atom. The van der Waals surface area contributed by atoms with E-state index in [2.05, 4.69) is 0 Å². The normalized spacial score (nSPS) is 10.5. The van der Waals surface area contributed by atoms with Crippen LogP contribution in [0, 0.1) is 0 Å². The van der Waals surface area contributed by atoms with Crippen LogP contribution in [0.5, 0.6) is 5.75 Å². The third kappa shape index (κ3) is 2.03. The molecule has 4 nitrogen and oxygen atoms in total. The van der Waals surface area contributed by atoms with E-state index in [1.807, 2.05) is 6.92 Å². The second-order valence-electron chi connectivity index (χ2n) is 3.33. The van der Waals surface area contributed by atoms with Crippen LogP contribution < -0.4 is 10.4 Å². The van der Waals surface area contributed by atoms with Crippen molar-refractivity contribution < 1.29 is 13.9 Å². The van der Waals surface area contributed by atoms with Crippen molar-refractivity contribution >= 4 is 28.9 Å². The molecule has 0 aliphatic carbocycles. The minimum absolute atomic E-state index is 0.0906. The quantitative estimate of drug-likeness (QED) is 0.622. The lowest BCUT2D eigenvalue weighted by Crippen LogP contribution is -2.07. The number of fused-ring (bicyclic) bond motifs is 1. The Labute approximate surface area is 102 Å². The van der Waals surface area contributed by atoms with Crippen molar-refractivity contribution in [3.8, 4) is 5.75 Å². The number of halogens is 1. The summed E-state index contributed by atoms with van der Waals surface area (Å²) in [6.45, 7) is 2.37. The zero-order chi connectivity index (χ0) is 12.4. The van der Waals surface area contributed by atoms with E-state index < -0.39 is 5.63 Å². The zero-order valence-electron chi connectivity index (χ0n) is 9.03. The highest BCUT2D eigenvalue weighted by atomic mass is 35.5. The first-order valence-corrected chi connectivity index (χ1v) is 5.39. The molecule has 0 saturated heterocycles. The van der Waals surface area contributed by atoms with Gasteiger partial charge in [0.1, 0.15) is 16.9 Å². The first-order chi connectivity index (χ1) is 8.17. The third-order valence-corrected chi connectivity index (χ3v) is 2.68. The van der Waals surface area contributed by atoms with Crippen molar-refractivity contribution in [1.82, 2.24) is 0 Å². The van der Waals surface area contributed by atoms with Gasteiger partial charge in [0.25, 0.3) is 0 Å². The molecule has 1 aromatic heterocycles. The summed E-state index contributed by atoms with van der Waals surface area (Å²) in [6, 6.07) is 4.89. The average molecular weight is 253 g/mol. The lowest BCUT2D eigenvalue weighted by atomic mass is 10.2. The van der Waals surface area contributed by atoms with Gasteiger partial charge < -0.3 is 9.15 Å². The molecule has 5 heteroatoms. The maximum atomic E-state index is 11.4. The highest BCUT2D eigenvalue weighted by Gasteiger charge is 2.12. The van der Waals surface area contributed by atoms with Crippen LogP contribution >= 0.6 is 11.6 Å². The number of rotatable bonds is 3. The van der Waals surface area contributed by atoms with Crippen molar-refractivity contribution in [2.75, 3.05) is 6.61 Å². The Hall–Kier alpha value is -1.81. The van der Waals surface area contributed by atoms with E-state index in [9.17, 15) is 9.59 Å². The molecule has 2 aromatic rings. The summed E-state index contributed by atoms with van der Waals surface area (Å²) in [5.74, 6) is 0.604. The minimum atomic E-state index is -0.735. The number of carbonyl (C=O) groups excluding carboxylic acids is 1. The molecule has 2 rings (SSSR count). The first-order valence-electron chi connectivity index (χ1n) is 5.01. The summed E-state index contributed by atoms with van der Waals surface area (Å²) >= 11 is 5.97. The predicted molar refractivity (Wildman–Crippen MR) is 64.1 cm³/mol. The lowest BCUT2D eigenvalue weighted by molar-refractivity contribution is 0.112. The molecule has 17 heavy (non-hydrogen) atoms. The summed E-state index contributed by atoms with van der Waals surface area (Å²) < 4.78 is 10.3. The van der Waals surface area contributed by atoms with Crippen LogP contribution in [0.2, 0.25) is 5.02 Å². The predicted octanol–water partition coefficient (Wildman–Crippen LogP) is 2.66. The standard InChI is InChI=1S/C12H9ClO4/c1-2-16-7-3-4-10-8(5-7)11(13)9(6-14)12(15)17-10/h3-6H,2H2,1H3. The highest BCUT2D eigenvalue weighted by molar-refractivity contribution is 6.37. The topological polar surface area (TPSA) is 56.5 Å². The molecular weight excluding hydrogens is 244 g/mol. The SMILES string of the molecule is CCOc1ccc2oc(=O)c(C=O)c(Cl)c2c1. The summed E-state index contributed by atoms with van der Waals surface area (Å²) in [5.41, 5.74) is -0.580. The van der Waals surface area contributed by atoms with Gasteiger partial charge in [0.15, 0.2) is 6.29 Å². The lowest BCUT2D eigenvalue weighted by Gasteiger charge is -2.05. The molecule has 0 spiro atoms. The van der Waals surface area contributed by atoms with Gasteiger partial charge in [-0.25, -0.2) is 4.79 Å². The van der Waals surface area contributed by atoms with Crippen LogP contribution in [0.3, 0.4) is 0 Å². The molecule has 0 aliphatic heterocycles. The fourth-order valence-corrected chi connectivity index (χ4v) is 1.78. The first kappa shape index (κ1) is 11.7. The van der Waals surface area contributed by atoms with Gasteiger partial charge in [-0.1, -0.05) is 11.6 Å². The van der Waals surface area contributed by atoms with E-state index in [1.165, 1.54) is 0 Å². The smallest absolute Gasteiger partial charge is 0.348 e. The summed E-state index contributed by atoms with van der Waals surface area (Å²) in [7, 11) is 0. The second kappa shape index (κ2) is 4.59. The van der Waals surface area contributed by atoms with E-state index >= 15 is 0 Å². The van der Waals surface area contributed by atoms with E-state index in [1.54, 1.807) is 18.2 Å². The Kier molecular flexibility index (Phi) is 3.15. The molecule has 0 unspecified atom stereocenters. The summed E-state index contributed by atoms with van der Waals surface area (Å²) in [6.07, 6.45) is 0.390. The van der Waals surface area contributed by atoms with Crippen molar-refractivity contribution in [2.45, 2.75) is 6.92 Å². The van der Waals surface area contributed by atoms with Gasteiger partial charge in [-0.3, -0.25) is 4.79 Å². The molecule has 0 atom stereocenters. The molecular formula is C12H9ClO4. The average Bonchev–Trinajstić information content (AvgIpc) is 2.31. The van der Waals surface area contributed by atoms with Crippen molar-refractivity contribution in [3.63, 3.8) is 0 Å². The second-order valence-corrected chi connectivity index (χ2v) is 3.70. The molecule has 1 heterocycles. The Morgan fingerprint density at radius 3 is 2.88 bits per heavy atom. The highest BCUT2D eigenvalue weighted by Crippen LogP contribution is 2.27. The van der Waals surface area contributed by atoms with Gasteiger partial charge in [-0.05, 0) is 25.1 Å². The fourth-order valence-electron chi connectivity index (χ4n) is 1.52. The van der Waals surface area contributed by atoms with E-state index in [-0.39, 0.29) is 10.6 Å². The molecule has 88 valence electrons. The number of hydrogen-bond donors (Lipinski definition) is 0. The van der Waals surface area contributed by atoms with Gasteiger partial charge in [-0.15, -0.1) is 0 Å². The van der Waals surface area contributed by atoms with Crippen LogP contribution in [0.1, 0.15) is 17.3 Å². The summed E-state index contributed by atoms with van der Waals surface area (Å²) in [4.78, 5) is 22.1. The largest absolute Gasteiger partial charge is 0.494 e. The van der Waals surface area contributed by atoms with Crippen LogP contribution in [0.25, 0.3) is 11.0 Å². The molecule has 0 fully saturated rings. The molecule has 0 aliphatic rings. The van der Waals surface area contributed by atoms with Gasteiger partial charge in [0.2, 0.25) is 0 Å². The Balaban J connectivity index is 2.75. The zero-order valence-corrected chi connectivity index (χ0v) is 9.78. The van der Waals surface area contributed by atoms with Crippen LogP contribution in [0.15, 0.2) is 27.4 Å². The summed E-state index contributed by atoms with van der Waals surface area (Å²) in [5, 5.41) is 0.576. The molecule has 0 amide bonds. The van der Waals surface area contributed by atoms with Gasteiger partial charge >= 0.3 is 5.63 Å². The van der Waals surface area contributed by atoms with Crippen LogP contribution in [0.4, 0.5) is 0 Å². The van der Waals surface area contributed by atoms with Crippen molar-refractivity contribution in [3.05, 3.63) is 39.2 Å². The molecule has 0 bridgehead atoms. The van der Waals surface area contributed by atoms with Crippen LogP contribution in [-0.4, -0.2) is 12.9 Å². The minimum Gasteiger partial charge on any atom is -0.494 e. The van der Waals surface area contributed by atoms with E-state index in [0.717, 1.165) is 0 Å². The molecule has 0 N–H and O–H groups in total. The Bertz CT molecular complexity index is 630. The maximum absolute atomic E-state index is 11.4. The van der Waals surface area contributed by atoms with Crippen LogP contribution in [-0.2, 0) is 0 Å². The Morgan fingerprint density at radius 1 is 1.47 bits per heavy atom. The molecule has 0 radical (unpaired) electrons. The fraction of sp³-hybridized carbons (Fsp3) is 0.167. The van der Waals surface area contributed by atoms with Gasteiger partial charge in [0, 0.05) is 5.39 Å². The van der Waals surface area contributed by atoms with Gasteiger partial charge in [0.05, 0.1) is 11.6 Å². The number of hydrogen-bond acceptors (Lipinski definition) is 4. The van der Waals surface area contributed by atoms with E-state index in [4.69, 9.17) is 20.8 Å². The van der Waals surface area contributed by atoms with Gasteiger partial charge in [-0.2, -0.15) is 0 Å².